The Morgan fingerprint density at radius 1 is 0.744 bits per heavy atom. The first-order chi connectivity index (χ1) is 21.2. The molecule has 43 heavy (non-hydrogen) atoms. The average Bonchev–Trinajstić information content (AvgIpc) is 3.47. The van der Waals surface area contributed by atoms with Crippen molar-refractivity contribution in [3.05, 3.63) is 156 Å². The van der Waals surface area contributed by atoms with Gasteiger partial charge >= 0.3 is 0 Å². The standard InChI is InChI=1S/C37H24N4O2/c1-38-25-17-19-26(20-18-25)41-36-31-14-5-3-12-29(31)28-11-2-4-13-30(28)35(36)40-37(41)24-9-6-10-27(22-24)43-33-21-16-23-8-7-15-32(42)34(23)39-33/h2-22,35-36,42H/t35-,36+/m0/s1. The molecule has 6 heteroatoms. The fourth-order valence-corrected chi connectivity index (χ4v) is 6.26. The molecule has 0 saturated heterocycles. The number of rotatable bonds is 4. The van der Waals surface area contributed by atoms with Crippen molar-refractivity contribution in [2.75, 3.05) is 4.90 Å². The molecule has 1 N–H and O–H groups in total. The second-order valence-electron chi connectivity index (χ2n) is 10.6. The van der Waals surface area contributed by atoms with Gasteiger partial charge in [0, 0.05) is 22.7 Å². The summed E-state index contributed by atoms with van der Waals surface area (Å²) in [5.41, 5.74) is 7.77. The zero-order valence-corrected chi connectivity index (χ0v) is 22.9. The Kier molecular flexibility index (Phi) is 5.70. The molecule has 8 rings (SSSR count). The van der Waals surface area contributed by atoms with Gasteiger partial charge in [-0.3, -0.25) is 4.99 Å². The molecule has 204 valence electrons. The van der Waals surface area contributed by atoms with E-state index in [0.29, 0.717) is 22.8 Å². The highest BCUT2D eigenvalue weighted by Gasteiger charge is 2.44. The third-order valence-electron chi connectivity index (χ3n) is 8.16. The molecule has 2 heterocycles. The number of hydrogen-bond donors (Lipinski definition) is 1. The highest BCUT2D eigenvalue weighted by atomic mass is 16.5. The normalized spacial score (nSPS) is 16.5. The molecule has 0 unspecified atom stereocenters. The Balaban J connectivity index is 1.25. The van der Waals surface area contributed by atoms with Crippen LogP contribution in [0.2, 0.25) is 0 Å². The third kappa shape index (κ3) is 4.10. The smallest absolute Gasteiger partial charge is 0.219 e. The number of para-hydroxylation sites is 1. The Labute approximate surface area is 248 Å². The van der Waals surface area contributed by atoms with Gasteiger partial charge in [0.25, 0.3) is 0 Å². The van der Waals surface area contributed by atoms with Crippen LogP contribution in [0.15, 0.2) is 132 Å². The first-order valence-corrected chi connectivity index (χ1v) is 14.1. The zero-order valence-electron chi connectivity index (χ0n) is 22.9. The van der Waals surface area contributed by atoms with Crippen LogP contribution in [0.25, 0.3) is 26.9 Å². The van der Waals surface area contributed by atoms with Gasteiger partial charge in [-0.1, -0.05) is 84.9 Å². The van der Waals surface area contributed by atoms with Crippen molar-refractivity contribution in [1.29, 1.82) is 0 Å². The van der Waals surface area contributed by atoms with E-state index in [1.165, 1.54) is 22.3 Å². The first-order valence-electron chi connectivity index (χ1n) is 14.1. The van der Waals surface area contributed by atoms with E-state index in [1.807, 2.05) is 60.7 Å². The van der Waals surface area contributed by atoms with E-state index in [-0.39, 0.29) is 17.8 Å². The summed E-state index contributed by atoms with van der Waals surface area (Å²) in [6.07, 6.45) is 0. The van der Waals surface area contributed by atoms with Gasteiger partial charge in [-0.05, 0) is 58.7 Å². The predicted molar refractivity (Wildman–Crippen MR) is 169 cm³/mol. The van der Waals surface area contributed by atoms with Gasteiger partial charge in [-0.2, -0.15) is 0 Å². The van der Waals surface area contributed by atoms with E-state index in [9.17, 15) is 5.11 Å². The minimum absolute atomic E-state index is 0.0606. The molecular formula is C37H24N4O2. The topological polar surface area (TPSA) is 62.3 Å². The number of phenolic OH excluding ortho intramolecular Hbond substituents is 1. The maximum atomic E-state index is 10.3. The molecule has 2 atom stereocenters. The van der Waals surface area contributed by atoms with Crippen LogP contribution in [0.3, 0.4) is 0 Å². The number of fused-ring (bicyclic) bond motifs is 7. The number of nitrogens with zero attached hydrogens (tertiary/aromatic N) is 4. The molecule has 5 aromatic carbocycles. The van der Waals surface area contributed by atoms with Crippen molar-refractivity contribution >= 4 is 28.1 Å². The maximum Gasteiger partial charge on any atom is 0.219 e. The summed E-state index contributed by atoms with van der Waals surface area (Å²) in [7, 11) is 0. The lowest BCUT2D eigenvalue weighted by Gasteiger charge is -2.36. The SMILES string of the molecule is [C-]#[N+]c1ccc(N2C(c3cccc(Oc4ccc5cccc(O)c5n4)c3)=N[C@H]3c4ccccc4-c4ccccc4[C@H]32)cc1. The summed E-state index contributed by atoms with van der Waals surface area (Å²) in [5, 5.41) is 11.1. The van der Waals surface area contributed by atoms with Gasteiger partial charge in [0.05, 0.1) is 12.6 Å². The van der Waals surface area contributed by atoms with Crippen LogP contribution in [0.5, 0.6) is 17.4 Å². The summed E-state index contributed by atoms with van der Waals surface area (Å²) in [5.74, 6) is 1.94. The minimum atomic E-state index is -0.114. The largest absolute Gasteiger partial charge is 0.506 e. The molecule has 0 amide bonds. The summed E-state index contributed by atoms with van der Waals surface area (Å²) < 4.78 is 6.22. The van der Waals surface area contributed by atoms with Gasteiger partial charge in [0.1, 0.15) is 28.9 Å². The van der Waals surface area contributed by atoms with Crippen LogP contribution in [0, 0.1) is 6.57 Å². The average molecular weight is 557 g/mol. The van der Waals surface area contributed by atoms with E-state index < -0.39 is 0 Å². The Morgan fingerprint density at radius 3 is 2.30 bits per heavy atom. The minimum Gasteiger partial charge on any atom is -0.506 e. The summed E-state index contributed by atoms with van der Waals surface area (Å²) >= 11 is 0. The van der Waals surface area contributed by atoms with E-state index in [0.717, 1.165) is 22.5 Å². The second kappa shape index (κ2) is 9.86. The molecule has 0 radical (unpaired) electrons. The number of benzene rings is 5. The molecule has 1 aliphatic heterocycles. The van der Waals surface area contributed by atoms with Gasteiger partial charge in [0.2, 0.25) is 5.88 Å². The van der Waals surface area contributed by atoms with Crippen LogP contribution in [-0.2, 0) is 0 Å². The van der Waals surface area contributed by atoms with E-state index >= 15 is 0 Å². The van der Waals surface area contributed by atoms with Crippen LogP contribution in [0.4, 0.5) is 11.4 Å². The summed E-state index contributed by atoms with van der Waals surface area (Å²) in [6.45, 7) is 7.45. The molecule has 2 aliphatic rings. The third-order valence-corrected chi connectivity index (χ3v) is 8.16. The van der Waals surface area contributed by atoms with Crippen LogP contribution in [-0.4, -0.2) is 15.9 Å². The molecule has 0 saturated carbocycles. The van der Waals surface area contributed by atoms with Crippen molar-refractivity contribution in [2.45, 2.75) is 12.1 Å². The second-order valence-corrected chi connectivity index (χ2v) is 10.6. The molecule has 6 aromatic rings. The van der Waals surface area contributed by atoms with Gasteiger partial charge in [-0.25, -0.2) is 9.83 Å². The molecule has 6 nitrogen and oxygen atoms in total. The van der Waals surface area contributed by atoms with Crippen LogP contribution in [0.1, 0.15) is 28.8 Å². The van der Waals surface area contributed by atoms with Crippen molar-refractivity contribution < 1.29 is 9.84 Å². The number of phenols is 1. The molecular weight excluding hydrogens is 532 g/mol. The maximum absolute atomic E-state index is 10.3. The van der Waals surface area contributed by atoms with Crippen molar-refractivity contribution in [2.24, 2.45) is 4.99 Å². The van der Waals surface area contributed by atoms with E-state index in [2.05, 4.69) is 63.3 Å². The number of pyridine rings is 1. The molecule has 1 aromatic heterocycles. The quantitative estimate of drug-likeness (QED) is 0.220. The Morgan fingerprint density at radius 2 is 1.49 bits per heavy atom. The monoisotopic (exact) mass is 556 g/mol. The highest BCUT2D eigenvalue weighted by molar-refractivity contribution is 6.13. The number of aromatic hydroxyl groups is 1. The molecule has 0 bridgehead atoms. The summed E-state index contributed by atoms with van der Waals surface area (Å²) in [6, 6.07) is 41.5. The van der Waals surface area contributed by atoms with Crippen molar-refractivity contribution in [1.82, 2.24) is 4.98 Å². The van der Waals surface area contributed by atoms with Crippen LogP contribution < -0.4 is 9.64 Å². The van der Waals surface area contributed by atoms with Gasteiger partial charge in [-0.15, -0.1) is 0 Å². The number of anilines is 1. The molecule has 1 aliphatic carbocycles. The Bertz CT molecular complexity index is 2110. The molecule has 0 spiro atoms. The Hall–Kier alpha value is -5.93. The predicted octanol–water partition coefficient (Wildman–Crippen LogP) is 9.01. The van der Waals surface area contributed by atoms with Crippen molar-refractivity contribution in [3.8, 4) is 28.5 Å². The zero-order chi connectivity index (χ0) is 28.9. The summed E-state index contributed by atoms with van der Waals surface area (Å²) in [4.78, 5) is 15.8. The number of hydrogen-bond acceptors (Lipinski definition) is 5. The lowest BCUT2D eigenvalue weighted by molar-refractivity contribution is 0.460. The molecule has 0 fully saturated rings. The van der Waals surface area contributed by atoms with Crippen molar-refractivity contribution in [3.63, 3.8) is 0 Å². The number of ether oxygens (including phenoxy) is 1. The van der Waals surface area contributed by atoms with Gasteiger partial charge < -0.3 is 14.7 Å². The van der Waals surface area contributed by atoms with E-state index in [4.69, 9.17) is 16.3 Å². The van der Waals surface area contributed by atoms with Gasteiger partial charge in [0.15, 0.2) is 5.69 Å². The lowest BCUT2D eigenvalue weighted by atomic mass is 9.79. The number of aliphatic imine (C=N–C) groups is 1. The number of amidine groups is 1. The van der Waals surface area contributed by atoms with Crippen LogP contribution >= 0.6 is 0 Å². The van der Waals surface area contributed by atoms with E-state index in [1.54, 1.807) is 18.2 Å². The fourth-order valence-electron chi connectivity index (χ4n) is 6.26. The fraction of sp³-hybridized carbons (Fsp3) is 0.0541. The highest BCUT2D eigenvalue weighted by Crippen LogP contribution is 2.53. The first kappa shape index (κ1) is 24.8. The number of aromatic nitrogens is 1. The lowest BCUT2D eigenvalue weighted by Crippen LogP contribution is -2.33.